The predicted octanol–water partition coefficient (Wildman–Crippen LogP) is 1.85. The summed E-state index contributed by atoms with van der Waals surface area (Å²) in [6.45, 7) is 3.57. The Kier molecular flexibility index (Phi) is 5.04. The van der Waals surface area contributed by atoms with Crippen LogP contribution in [0.5, 0.6) is 5.75 Å². The summed E-state index contributed by atoms with van der Waals surface area (Å²) in [5, 5.41) is 1.88. The van der Waals surface area contributed by atoms with Crippen LogP contribution in [-0.4, -0.2) is 66.3 Å². The average molecular weight is 399 g/mol. The zero-order valence-corrected chi connectivity index (χ0v) is 16.4. The fourth-order valence-electron chi connectivity index (χ4n) is 3.47. The maximum Gasteiger partial charge on any atom is 0.268 e. The van der Waals surface area contributed by atoms with Gasteiger partial charge in [-0.1, -0.05) is 18.2 Å². The molecule has 0 aliphatic carbocycles. The van der Waals surface area contributed by atoms with Gasteiger partial charge in [0.2, 0.25) is 5.91 Å². The smallest absolute Gasteiger partial charge is 0.268 e. The number of amides is 3. The van der Waals surface area contributed by atoms with Crippen LogP contribution >= 0.6 is 11.3 Å². The van der Waals surface area contributed by atoms with Gasteiger partial charge in [-0.3, -0.25) is 19.3 Å². The first-order valence-electron chi connectivity index (χ1n) is 9.22. The highest BCUT2D eigenvalue weighted by Crippen LogP contribution is 2.33. The van der Waals surface area contributed by atoms with Gasteiger partial charge in [-0.25, -0.2) is 0 Å². The van der Waals surface area contributed by atoms with Crippen molar-refractivity contribution in [2.24, 2.45) is 0 Å². The van der Waals surface area contributed by atoms with E-state index in [2.05, 4.69) is 0 Å². The minimum absolute atomic E-state index is 0.00760. The molecule has 28 heavy (non-hydrogen) atoms. The second-order valence-electron chi connectivity index (χ2n) is 6.80. The summed E-state index contributed by atoms with van der Waals surface area (Å²) in [7, 11) is 0. The molecule has 0 radical (unpaired) electrons. The fourth-order valence-corrected chi connectivity index (χ4v) is 4.16. The van der Waals surface area contributed by atoms with Crippen LogP contribution < -0.4 is 9.64 Å². The second kappa shape index (κ2) is 7.63. The van der Waals surface area contributed by atoms with Gasteiger partial charge in [-0.15, -0.1) is 11.3 Å². The summed E-state index contributed by atoms with van der Waals surface area (Å²) < 4.78 is 5.62. The number of nitrogens with zero attached hydrogens (tertiary/aromatic N) is 3. The fraction of sp³-hybridized carbons (Fsp3) is 0.350. The first-order valence-corrected chi connectivity index (χ1v) is 10.1. The number of carbonyl (C=O) groups excluding carboxylic acids is 3. The molecule has 1 fully saturated rings. The zero-order valence-electron chi connectivity index (χ0n) is 15.5. The summed E-state index contributed by atoms with van der Waals surface area (Å²) in [5.41, 5.74) is 0.616. The Balaban J connectivity index is 1.40. The number of benzene rings is 1. The molecule has 4 rings (SSSR count). The van der Waals surface area contributed by atoms with Crippen molar-refractivity contribution in [2.45, 2.75) is 13.0 Å². The quantitative estimate of drug-likeness (QED) is 0.790. The van der Waals surface area contributed by atoms with Crippen LogP contribution in [0.15, 0.2) is 41.8 Å². The molecule has 8 heteroatoms. The van der Waals surface area contributed by atoms with E-state index < -0.39 is 6.10 Å². The van der Waals surface area contributed by atoms with E-state index in [0.717, 1.165) is 0 Å². The van der Waals surface area contributed by atoms with Crippen molar-refractivity contribution in [1.82, 2.24) is 9.80 Å². The van der Waals surface area contributed by atoms with Gasteiger partial charge in [0, 0.05) is 26.2 Å². The number of fused-ring (bicyclic) bond motifs is 1. The molecule has 3 amide bonds. The van der Waals surface area contributed by atoms with Gasteiger partial charge in [0.15, 0.2) is 6.10 Å². The number of para-hydroxylation sites is 2. The van der Waals surface area contributed by atoms with Crippen LogP contribution in [0.3, 0.4) is 0 Å². The SMILES string of the molecule is CC1Oc2ccccc2N(CC(=O)N2CCN(C(=O)c3cccs3)CC2)C1=O. The molecule has 146 valence electrons. The van der Waals surface area contributed by atoms with Gasteiger partial charge < -0.3 is 14.5 Å². The Bertz CT molecular complexity index is 891. The Morgan fingerprint density at radius 1 is 1.07 bits per heavy atom. The van der Waals surface area contributed by atoms with Crippen molar-refractivity contribution >= 4 is 34.7 Å². The molecule has 0 bridgehead atoms. The Morgan fingerprint density at radius 3 is 2.50 bits per heavy atom. The Labute approximate surface area is 167 Å². The van der Waals surface area contributed by atoms with E-state index in [4.69, 9.17) is 4.74 Å². The zero-order chi connectivity index (χ0) is 19.7. The first-order chi connectivity index (χ1) is 13.5. The number of hydrogen-bond acceptors (Lipinski definition) is 5. The van der Waals surface area contributed by atoms with Crippen LogP contribution in [0, 0.1) is 0 Å². The average Bonchev–Trinajstić information content (AvgIpc) is 3.25. The monoisotopic (exact) mass is 399 g/mol. The first kappa shape index (κ1) is 18.5. The largest absolute Gasteiger partial charge is 0.479 e. The highest BCUT2D eigenvalue weighted by molar-refractivity contribution is 7.12. The lowest BCUT2D eigenvalue weighted by Gasteiger charge is -2.37. The molecule has 7 nitrogen and oxygen atoms in total. The highest BCUT2D eigenvalue weighted by Gasteiger charge is 2.34. The molecular formula is C20H21N3O4S. The molecule has 1 saturated heterocycles. The molecule has 0 N–H and O–H groups in total. The summed E-state index contributed by atoms with van der Waals surface area (Å²) >= 11 is 1.42. The molecule has 2 aromatic rings. The number of thiophene rings is 1. The van der Waals surface area contributed by atoms with Gasteiger partial charge >= 0.3 is 0 Å². The number of piperazine rings is 1. The van der Waals surface area contributed by atoms with Gasteiger partial charge in [0.05, 0.1) is 10.6 Å². The minimum atomic E-state index is -0.622. The lowest BCUT2D eigenvalue weighted by atomic mass is 10.2. The number of anilines is 1. The standard InChI is InChI=1S/C20H21N3O4S/c1-14-19(25)23(15-5-2-3-6-16(15)27-14)13-18(24)21-8-10-22(11-9-21)20(26)17-7-4-12-28-17/h2-7,12,14H,8-11,13H2,1H3. The topological polar surface area (TPSA) is 70.2 Å². The third-order valence-electron chi connectivity index (χ3n) is 5.02. The third kappa shape index (κ3) is 3.47. The Hall–Kier alpha value is -2.87. The lowest BCUT2D eigenvalue weighted by molar-refractivity contribution is -0.134. The number of ether oxygens (including phenoxy) is 1. The molecule has 1 aromatic carbocycles. The van der Waals surface area contributed by atoms with E-state index in [1.807, 2.05) is 29.6 Å². The molecule has 2 aliphatic rings. The van der Waals surface area contributed by atoms with Crippen molar-refractivity contribution in [3.05, 3.63) is 46.7 Å². The molecular weight excluding hydrogens is 378 g/mol. The number of hydrogen-bond donors (Lipinski definition) is 0. The van der Waals surface area contributed by atoms with Crippen LogP contribution in [-0.2, 0) is 9.59 Å². The molecule has 3 heterocycles. The number of carbonyl (C=O) groups is 3. The molecule has 0 spiro atoms. The lowest BCUT2D eigenvalue weighted by Crippen LogP contribution is -2.54. The number of rotatable bonds is 3. The summed E-state index contributed by atoms with van der Waals surface area (Å²) in [5.74, 6) is 0.265. The summed E-state index contributed by atoms with van der Waals surface area (Å²) in [6.07, 6.45) is -0.622. The highest BCUT2D eigenvalue weighted by atomic mass is 32.1. The van der Waals surface area contributed by atoms with Crippen molar-refractivity contribution < 1.29 is 19.1 Å². The molecule has 0 saturated carbocycles. The molecule has 1 atom stereocenters. The van der Waals surface area contributed by atoms with Crippen molar-refractivity contribution in [3.63, 3.8) is 0 Å². The van der Waals surface area contributed by atoms with E-state index in [-0.39, 0.29) is 24.3 Å². The van der Waals surface area contributed by atoms with Crippen molar-refractivity contribution in [2.75, 3.05) is 37.6 Å². The van der Waals surface area contributed by atoms with Gasteiger partial charge in [0.1, 0.15) is 12.3 Å². The van der Waals surface area contributed by atoms with E-state index in [9.17, 15) is 14.4 Å². The van der Waals surface area contributed by atoms with Crippen LogP contribution in [0.4, 0.5) is 5.69 Å². The van der Waals surface area contributed by atoms with Crippen LogP contribution in [0.25, 0.3) is 0 Å². The second-order valence-corrected chi connectivity index (χ2v) is 7.75. The van der Waals surface area contributed by atoms with E-state index in [1.54, 1.807) is 28.9 Å². The van der Waals surface area contributed by atoms with Gasteiger partial charge in [-0.05, 0) is 30.5 Å². The predicted molar refractivity (Wildman–Crippen MR) is 106 cm³/mol. The normalized spacial score (nSPS) is 19.2. The van der Waals surface area contributed by atoms with Crippen LogP contribution in [0.1, 0.15) is 16.6 Å². The van der Waals surface area contributed by atoms with Crippen molar-refractivity contribution in [1.29, 1.82) is 0 Å². The maximum absolute atomic E-state index is 12.8. The van der Waals surface area contributed by atoms with Crippen LogP contribution in [0.2, 0.25) is 0 Å². The summed E-state index contributed by atoms with van der Waals surface area (Å²) in [4.78, 5) is 43.5. The third-order valence-corrected chi connectivity index (χ3v) is 5.88. The Morgan fingerprint density at radius 2 is 1.79 bits per heavy atom. The van der Waals surface area contributed by atoms with Crippen molar-refractivity contribution in [3.8, 4) is 5.75 Å². The van der Waals surface area contributed by atoms with Gasteiger partial charge in [-0.2, -0.15) is 0 Å². The van der Waals surface area contributed by atoms with Gasteiger partial charge in [0.25, 0.3) is 11.8 Å². The van der Waals surface area contributed by atoms with E-state index in [0.29, 0.717) is 42.5 Å². The van der Waals surface area contributed by atoms with E-state index in [1.165, 1.54) is 16.2 Å². The molecule has 1 unspecified atom stereocenters. The molecule has 2 aliphatic heterocycles. The van der Waals surface area contributed by atoms with E-state index >= 15 is 0 Å². The molecule has 1 aromatic heterocycles. The maximum atomic E-state index is 12.8. The summed E-state index contributed by atoms with van der Waals surface area (Å²) in [6, 6.07) is 10.9. The minimum Gasteiger partial charge on any atom is -0.479 e.